The number of piperidine rings is 1. The highest BCUT2D eigenvalue weighted by Crippen LogP contribution is 2.32. The number of aromatic amines is 1. The van der Waals surface area contributed by atoms with E-state index in [9.17, 15) is 10.1 Å². The molecule has 178 valence electrons. The van der Waals surface area contributed by atoms with Gasteiger partial charge in [0.05, 0.1) is 29.7 Å². The first-order valence-corrected chi connectivity index (χ1v) is 11.8. The minimum atomic E-state index is -0.977. The van der Waals surface area contributed by atoms with Crippen molar-refractivity contribution in [1.29, 1.82) is 5.26 Å². The number of aromatic nitrogens is 5. The number of carbonyl (C=O) groups is 1. The van der Waals surface area contributed by atoms with Crippen molar-refractivity contribution in [2.75, 3.05) is 13.1 Å². The van der Waals surface area contributed by atoms with Gasteiger partial charge in [0.15, 0.2) is 0 Å². The van der Waals surface area contributed by atoms with Gasteiger partial charge in [-0.15, -0.1) is 0 Å². The van der Waals surface area contributed by atoms with Gasteiger partial charge in [0.2, 0.25) is 0 Å². The number of nitrogens with one attached hydrogen (secondary N) is 3. The molecule has 9 nitrogen and oxygen atoms in total. The molecule has 0 aromatic carbocycles. The third-order valence-electron chi connectivity index (χ3n) is 6.47. The predicted octanol–water partition coefficient (Wildman–Crippen LogP) is 3.75. The van der Waals surface area contributed by atoms with Gasteiger partial charge in [0.25, 0.3) is 5.91 Å². The van der Waals surface area contributed by atoms with Crippen molar-refractivity contribution in [3.05, 3.63) is 54.1 Å². The molecule has 5 heterocycles. The zero-order chi connectivity index (χ0) is 24.6. The van der Waals surface area contributed by atoms with Crippen LogP contribution in [0.2, 0.25) is 0 Å². The summed E-state index contributed by atoms with van der Waals surface area (Å²) in [5.41, 5.74) is 4.65. The summed E-state index contributed by atoms with van der Waals surface area (Å²) in [5, 5.41) is 20.9. The van der Waals surface area contributed by atoms with Gasteiger partial charge in [-0.3, -0.25) is 9.48 Å². The lowest BCUT2D eigenvalue weighted by molar-refractivity contribution is 0.0924. The molecule has 9 heteroatoms. The molecule has 1 saturated heterocycles. The first kappa shape index (κ1) is 22.7. The lowest BCUT2D eigenvalue weighted by atomic mass is 10.1. The number of carbonyl (C=O) groups excluding carboxylic acids is 1. The highest BCUT2D eigenvalue weighted by atomic mass is 16.2. The zero-order valence-corrected chi connectivity index (χ0v) is 20.1. The Balaban J connectivity index is 1.44. The molecule has 1 amide bonds. The SMILES string of the molecule is Cc1c(-c2cnn(C3CCNCC3)c2)[nH]c2ncc(-c3cccc(C(=O)NC(C)(C)C#N)n3)cc12. The van der Waals surface area contributed by atoms with E-state index in [1.807, 2.05) is 18.3 Å². The summed E-state index contributed by atoms with van der Waals surface area (Å²) in [5.74, 6) is -0.390. The maximum absolute atomic E-state index is 12.6. The smallest absolute Gasteiger partial charge is 0.271 e. The quantitative estimate of drug-likeness (QED) is 0.410. The molecule has 0 aliphatic carbocycles. The number of amides is 1. The minimum absolute atomic E-state index is 0.253. The van der Waals surface area contributed by atoms with Gasteiger partial charge in [-0.05, 0) is 70.5 Å². The van der Waals surface area contributed by atoms with E-state index in [0.29, 0.717) is 11.7 Å². The maximum atomic E-state index is 12.6. The van der Waals surface area contributed by atoms with E-state index in [4.69, 9.17) is 0 Å². The minimum Gasteiger partial charge on any atom is -0.339 e. The maximum Gasteiger partial charge on any atom is 0.271 e. The Morgan fingerprint density at radius 2 is 2.03 bits per heavy atom. The summed E-state index contributed by atoms with van der Waals surface area (Å²) in [7, 11) is 0. The van der Waals surface area contributed by atoms with Crippen molar-refractivity contribution in [3.63, 3.8) is 0 Å². The molecule has 4 aromatic heterocycles. The molecule has 0 radical (unpaired) electrons. The molecular weight excluding hydrogens is 440 g/mol. The molecule has 0 saturated carbocycles. The first-order valence-electron chi connectivity index (χ1n) is 11.8. The Morgan fingerprint density at radius 3 is 2.80 bits per heavy atom. The van der Waals surface area contributed by atoms with Crippen molar-refractivity contribution < 1.29 is 4.79 Å². The van der Waals surface area contributed by atoms with Crippen molar-refractivity contribution in [2.24, 2.45) is 0 Å². The van der Waals surface area contributed by atoms with Crippen LogP contribution in [0.3, 0.4) is 0 Å². The monoisotopic (exact) mass is 468 g/mol. The fourth-order valence-electron chi connectivity index (χ4n) is 4.46. The molecule has 4 aromatic rings. The van der Waals surface area contributed by atoms with E-state index in [1.165, 1.54) is 0 Å². The third-order valence-corrected chi connectivity index (χ3v) is 6.47. The lowest BCUT2D eigenvalue weighted by Gasteiger charge is -2.22. The van der Waals surface area contributed by atoms with Crippen LogP contribution in [0.5, 0.6) is 0 Å². The molecule has 0 bridgehead atoms. The summed E-state index contributed by atoms with van der Waals surface area (Å²) in [6.45, 7) is 7.41. The number of nitrogens with zero attached hydrogens (tertiary/aromatic N) is 5. The fourth-order valence-corrected chi connectivity index (χ4v) is 4.46. The Labute approximate surface area is 203 Å². The number of nitriles is 1. The summed E-state index contributed by atoms with van der Waals surface area (Å²) < 4.78 is 2.08. The molecule has 1 aliphatic rings. The van der Waals surface area contributed by atoms with Crippen molar-refractivity contribution >= 4 is 16.9 Å². The Hall–Kier alpha value is -4.03. The number of aryl methyl sites for hydroxylation is 1. The normalized spacial score (nSPS) is 14.7. The van der Waals surface area contributed by atoms with Gasteiger partial charge < -0.3 is 15.6 Å². The largest absolute Gasteiger partial charge is 0.339 e. The fraction of sp³-hybridized carbons (Fsp3) is 0.346. The van der Waals surface area contributed by atoms with Crippen molar-refractivity contribution in [2.45, 2.75) is 45.2 Å². The van der Waals surface area contributed by atoms with E-state index in [2.05, 4.69) is 54.6 Å². The molecule has 0 spiro atoms. The van der Waals surface area contributed by atoms with E-state index >= 15 is 0 Å². The summed E-state index contributed by atoms with van der Waals surface area (Å²) >= 11 is 0. The highest BCUT2D eigenvalue weighted by molar-refractivity contribution is 5.94. The topological polar surface area (TPSA) is 124 Å². The number of hydrogen-bond acceptors (Lipinski definition) is 6. The van der Waals surface area contributed by atoms with Gasteiger partial charge in [-0.25, -0.2) is 9.97 Å². The second kappa shape index (κ2) is 8.96. The average molecular weight is 469 g/mol. The second-order valence-electron chi connectivity index (χ2n) is 9.53. The number of H-pyrrole nitrogens is 1. The first-order chi connectivity index (χ1) is 16.8. The molecule has 0 unspecified atom stereocenters. The molecule has 5 rings (SSSR count). The van der Waals surface area contributed by atoms with E-state index in [0.717, 1.165) is 59.3 Å². The van der Waals surface area contributed by atoms with E-state index < -0.39 is 11.4 Å². The number of rotatable bonds is 5. The van der Waals surface area contributed by atoms with Crippen LogP contribution in [0.15, 0.2) is 42.9 Å². The van der Waals surface area contributed by atoms with Crippen LogP contribution in [0.4, 0.5) is 0 Å². The third kappa shape index (κ3) is 4.53. The standard InChI is InChI=1S/C26H28N8O/c1-16-20-11-17(21-5-4-6-22(31-21)25(35)33-26(2,3)15-27)12-29-24(20)32-23(16)18-13-30-34(14-18)19-7-9-28-10-8-19/h4-6,11-14,19,28H,7-10H2,1-3H3,(H,29,32)(H,33,35). The predicted molar refractivity (Wildman–Crippen MR) is 134 cm³/mol. The number of fused-ring (bicyclic) bond motifs is 1. The van der Waals surface area contributed by atoms with Crippen LogP contribution >= 0.6 is 0 Å². The summed E-state index contributed by atoms with van der Waals surface area (Å²) in [4.78, 5) is 25.2. The average Bonchev–Trinajstić information content (AvgIpc) is 3.49. The highest BCUT2D eigenvalue weighted by Gasteiger charge is 2.22. The molecule has 3 N–H and O–H groups in total. The van der Waals surface area contributed by atoms with Crippen LogP contribution in [-0.2, 0) is 0 Å². The van der Waals surface area contributed by atoms with E-state index in [1.54, 1.807) is 32.2 Å². The summed E-state index contributed by atoms with van der Waals surface area (Å²) in [6, 6.07) is 9.80. The van der Waals surface area contributed by atoms with Crippen LogP contribution in [0, 0.1) is 18.3 Å². The molecule has 35 heavy (non-hydrogen) atoms. The van der Waals surface area contributed by atoms with Crippen LogP contribution in [0.25, 0.3) is 33.5 Å². The Bertz CT molecular complexity index is 1440. The van der Waals surface area contributed by atoms with Gasteiger partial charge in [-0.2, -0.15) is 10.4 Å². The number of pyridine rings is 2. The van der Waals surface area contributed by atoms with E-state index in [-0.39, 0.29) is 5.69 Å². The van der Waals surface area contributed by atoms with Gasteiger partial charge >= 0.3 is 0 Å². The summed E-state index contributed by atoms with van der Waals surface area (Å²) in [6.07, 6.45) is 7.93. The molecule has 0 atom stereocenters. The molecule has 1 fully saturated rings. The molecule has 1 aliphatic heterocycles. The van der Waals surface area contributed by atoms with Gasteiger partial charge in [0, 0.05) is 28.9 Å². The van der Waals surface area contributed by atoms with Crippen molar-refractivity contribution in [1.82, 2.24) is 35.4 Å². The Morgan fingerprint density at radius 1 is 1.23 bits per heavy atom. The van der Waals surface area contributed by atoms with Crippen LogP contribution in [0.1, 0.15) is 48.8 Å². The van der Waals surface area contributed by atoms with Gasteiger partial charge in [-0.1, -0.05) is 6.07 Å². The zero-order valence-electron chi connectivity index (χ0n) is 20.1. The number of hydrogen-bond donors (Lipinski definition) is 3. The second-order valence-corrected chi connectivity index (χ2v) is 9.53. The lowest BCUT2D eigenvalue weighted by Crippen LogP contribution is -2.42. The van der Waals surface area contributed by atoms with Crippen LogP contribution < -0.4 is 10.6 Å². The van der Waals surface area contributed by atoms with Crippen LogP contribution in [-0.4, -0.2) is 49.3 Å². The molecular formula is C26H28N8O. The van der Waals surface area contributed by atoms with Gasteiger partial charge in [0.1, 0.15) is 16.9 Å². The van der Waals surface area contributed by atoms with Crippen molar-refractivity contribution in [3.8, 4) is 28.6 Å². The Kier molecular flexibility index (Phi) is 5.83.